The molecule has 6 nitrogen and oxygen atoms in total. The highest BCUT2D eigenvalue weighted by atomic mass is 31.1. The van der Waals surface area contributed by atoms with Crippen LogP contribution in [0.1, 0.15) is 110 Å². The molecule has 2 atom stereocenters. The fourth-order valence-electron chi connectivity index (χ4n) is 3.23. The third-order valence-corrected chi connectivity index (χ3v) is 5.49. The van der Waals surface area contributed by atoms with E-state index in [9.17, 15) is 9.36 Å². The number of hydrogen-bond donors (Lipinski definition) is 1. The molecule has 2 unspecified atom stereocenters. The molecule has 0 aliphatic heterocycles. The zero-order chi connectivity index (χ0) is 21.6. The van der Waals surface area contributed by atoms with E-state index in [1.54, 1.807) is 0 Å². The van der Waals surface area contributed by atoms with Crippen LogP contribution in [0, 0.1) is 0 Å². The number of methoxy groups -OCH3 is 1. The highest BCUT2D eigenvalue weighted by Crippen LogP contribution is 2.16. The third kappa shape index (κ3) is 22.0. The fraction of sp³-hybridized carbons (Fsp3) is 0.955. The minimum atomic E-state index is -2.66. The zero-order valence-electron chi connectivity index (χ0n) is 18.7. The van der Waals surface area contributed by atoms with Gasteiger partial charge in [0.2, 0.25) is 0 Å². The minimum Gasteiger partial charge on any atom is -0.463 e. The van der Waals surface area contributed by atoms with Crippen LogP contribution in [-0.4, -0.2) is 37.3 Å². The first-order valence-corrected chi connectivity index (χ1v) is 12.7. The van der Waals surface area contributed by atoms with E-state index in [0.717, 1.165) is 12.8 Å². The van der Waals surface area contributed by atoms with Crippen molar-refractivity contribution in [3.8, 4) is 0 Å². The second-order valence-electron chi connectivity index (χ2n) is 7.77. The van der Waals surface area contributed by atoms with E-state index in [-0.39, 0.29) is 19.2 Å². The summed E-state index contributed by atoms with van der Waals surface area (Å²) in [5, 5.41) is 0. The van der Waals surface area contributed by atoms with Gasteiger partial charge in [0, 0.05) is 18.1 Å². The van der Waals surface area contributed by atoms with Gasteiger partial charge in [-0.15, -0.1) is 9.42 Å². The fourth-order valence-corrected chi connectivity index (χ4v) is 3.52. The van der Waals surface area contributed by atoms with Crippen LogP contribution in [-0.2, 0) is 23.4 Å². The highest BCUT2D eigenvalue weighted by Gasteiger charge is 2.19. The number of esters is 1. The molecule has 1 N–H and O–H groups in total. The van der Waals surface area contributed by atoms with Crippen LogP contribution in [0.15, 0.2) is 0 Å². The molecule has 0 heterocycles. The summed E-state index contributed by atoms with van der Waals surface area (Å²) in [6.45, 7) is 2.23. The summed E-state index contributed by atoms with van der Waals surface area (Å²) < 4.78 is 25.2. The maximum atomic E-state index is 11.7. The van der Waals surface area contributed by atoms with Crippen LogP contribution in [0.5, 0.6) is 0 Å². The smallest absolute Gasteiger partial charge is 0.463 e. The van der Waals surface area contributed by atoms with Crippen molar-refractivity contribution in [3.63, 3.8) is 0 Å². The molecule has 172 valence electrons. The van der Waals surface area contributed by atoms with Gasteiger partial charge in [0.15, 0.2) is 0 Å². The number of carbonyl (C=O) groups excluding carboxylic acids is 1. The van der Waals surface area contributed by atoms with Crippen LogP contribution in [0.25, 0.3) is 0 Å². The van der Waals surface area contributed by atoms with E-state index in [4.69, 9.17) is 14.4 Å². The van der Waals surface area contributed by atoms with Crippen molar-refractivity contribution in [2.45, 2.75) is 116 Å². The maximum Gasteiger partial charge on any atom is 0.694 e. The molecule has 0 rings (SSSR count). The number of unbranched alkanes of at least 4 members (excludes halogenated alkanes) is 14. The third-order valence-electron chi connectivity index (χ3n) is 5.12. The van der Waals surface area contributed by atoms with Crippen LogP contribution in [0.4, 0.5) is 0 Å². The minimum absolute atomic E-state index is 0.0389. The Bertz CT molecular complexity index is 391. The molecule has 0 aromatic rings. The summed E-state index contributed by atoms with van der Waals surface area (Å²) in [5.74, 6) is -0.255. The first-order chi connectivity index (χ1) is 14.1. The Morgan fingerprint density at radius 3 is 1.66 bits per heavy atom. The molecule has 0 aromatic carbocycles. The summed E-state index contributed by atoms with van der Waals surface area (Å²) >= 11 is 0. The summed E-state index contributed by atoms with van der Waals surface area (Å²) in [6, 6.07) is 0. The van der Waals surface area contributed by atoms with Crippen molar-refractivity contribution < 1.29 is 28.3 Å². The lowest BCUT2D eigenvalue weighted by Gasteiger charge is -2.12. The number of carbonyl (C=O) groups is 1. The summed E-state index contributed by atoms with van der Waals surface area (Å²) in [6.07, 6.45) is 19.3. The van der Waals surface area contributed by atoms with Gasteiger partial charge in [-0.25, -0.2) is 0 Å². The molecule has 0 spiro atoms. The Morgan fingerprint density at radius 1 is 0.793 bits per heavy atom. The van der Waals surface area contributed by atoms with Crippen molar-refractivity contribution in [3.05, 3.63) is 0 Å². The lowest BCUT2D eigenvalue weighted by atomic mass is 10.0. The van der Waals surface area contributed by atoms with Crippen molar-refractivity contribution in [1.82, 2.24) is 0 Å². The molecule has 0 amide bonds. The van der Waals surface area contributed by atoms with Crippen LogP contribution in [0.3, 0.4) is 0 Å². The van der Waals surface area contributed by atoms with Gasteiger partial charge in [-0.05, 0) is 6.42 Å². The summed E-state index contributed by atoms with van der Waals surface area (Å²) in [5.41, 5.74) is 0. The predicted molar refractivity (Wildman–Crippen MR) is 117 cm³/mol. The number of rotatable bonds is 22. The predicted octanol–water partition coefficient (Wildman–Crippen LogP) is 6.47. The number of ether oxygens (including phenoxy) is 2. The lowest BCUT2D eigenvalue weighted by Crippen LogP contribution is -2.25. The second-order valence-corrected chi connectivity index (χ2v) is 8.51. The normalized spacial score (nSPS) is 12.7. The molecule has 0 aromatic heterocycles. The van der Waals surface area contributed by atoms with Crippen molar-refractivity contribution in [2.75, 3.05) is 20.3 Å². The van der Waals surface area contributed by atoms with E-state index in [0.29, 0.717) is 6.42 Å². The molecular weight excluding hydrogens is 391 g/mol. The van der Waals surface area contributed by atoms with Crippen LogP contribution >= 0.6 is 8.25 Å². The Balaban J connectivity index is 3.33. The first-order valence-electron chi connectivity index (χ1n) is 11.6. The van der Waals surface area contributed by atoms with Gasteiger partial charge in [0.25, 0.3) is 0 Å². The molecule has 0 saturated carbocycles. The Labute approximate surface area is 179 Å². The topological polar surface area (TPSA) is 82.1 Å². The molecule has 0 aliphatic rings. The first kappa shape index (κ1) is 28.5. The monoisotopic (exact) mass is 435 g/mol. The Morgan fingerprint density at radius 2 is 1.24 bits per heavy atom. The van der Waals surface area contributed by atoms with E-state index in [2.05, 4.69) is 11.4 Å². The molecule has 0 aliphatic carbocycles. The largest absolute Gasteiger partial charge is 0.694 e. The van der Waals surface area contributed by atoms with Gasteiger partial charge < -0.3 is 9.47 Å². The maximum absolute atomic E-state index is 11.7. The molecule has 0 saturated heterocycles. The van der Waals surface area contributed by atoms with Gasteiger partial charge in [0.05, 0.1) is 0 Å². The van der Waals surface area contributed by atoms with E-state index < -0.39 is 14.4 Å². The SMILES string of the molecule is CCCCCCCCCCCCCCCCCC(=O)OCC(CO[P+](=O)O)OC. The molecule has 0 radical (unpaired) electrons. The molecule has 0 fully saturated rings. The zero-order valence-corrected chi connectivity index (χ0v) is 19.6. The molecular formula is C22H44O6P+. The van der Waals surface area contributed by atoms with Gasteiger partial charge in [-0.2, -0.15) is 0 Å². The average Bonchev–Trinajstić information content (AvgIpc) is 2.70. The molecule has 29 heavy (non-hydrogen) atoms. The van der Waals surface area contributed by atoms with E-state index in [1.807, 2.05) is 0 Å². The van der Waals surface area contributed by atoms with Gasteiger partial charge in [-0.3, -0.25) is 4.79 Å². The Kier molecular flexibility index (Phi) is 21.7. The highest BCUT2D eigenvalue weighted by molar-refractivity contribution is 7.32. The van der Waals surface area contributed by atoms with Gasteiger partial charge in [0.1, 0.15) is 19.3 Å². The van der Waals surface area contributed by atoms with E-state index in [1.165, 1.54) is 90.6 Å². The summed E-state index contributed by atoms with van der Waals surface area (Å²) in [4.78, 5) is 20.3. The van der Waals surface area contributed by atoms with E-state index >= 15 is 0 Å². The number of hydrogen-bond acceptors (Lipinski definition) is 5. The second kappa shape index (κ2) is 22.1. The van der Waals surface area contributed by atoms with Crippen molar-refractivity contribution >= 4 is 14.2 Å². The van der Waals surface area contributed by atoms with Gasteiger partial charge >= 0.3 is 14.2 Å². The van der Waals surface area contributed by atoms with Crippen LogP contribution in [0.2, 0.25) is 0 Å². The summed E-state index contributed by atoms with van der Waals surface area (Å²) in [7, 11) is -1.22. The molecule has 0 bridgehead atoms. The Hall–Kier alpha value is -0.550. The average molecular weight is 436 g/mol. The van der Waals surface area contributed by atoms with Crippen molar-refractivity contribution in [1.29, 1.82) is 0 Å². The molecule has 7 heteroatoms. The van der Waals surface area contributed by atoms with Crippen LogP contribution < -0.4 is 0 Å². The van der Waals surface area contributed by atoms with Crippen molar-refractivity contribution in [2.24, 2.45) is 0 Å². The lowest BCUT2D eigenvalue weighted by molar-refractivity contribution is -0.148. The van der Waals surface area contributed by atoms with Gasteiger partial charge in [-0.1, -0.05) is 96.8 Å². The standard InChI is InChI=1S/C22H43O6P/c1-3-4-5-6-7-8-9-10-11-12-13-14-15-16-17-18-22(23)27-19-21(26-2)20-28-29(24)25/h21H,3-20H2,1-2H3/p+1. The quantitative estimate of drug-likeness (QED) is 0.119.